The number of halogens is 2. The third kappa shape index (κ3) is 3.44. The first kappa shape index (κ1) is 11.8. The Kier molecular flexibility index (Phi) is 4.65. The van der Waals surface area contributed by atoms with Gasteiger partial charge in [-0.05, 0) is 31.9 Å². The highest BCUT2D eigenvalue weighted by atomic mass is 32.2. The van der Waals surface area contributed by atoms with Gasteiger partial charge in [-0.15, -0.1) is 0 Å². The monoisotopic (exact) mass is 223 g/mol. The summed E-state index contributed by atoms with van der Waals surface area (Å²) in [5.41, 5.74) is 0. The molecule has 1 aliphatic carbocycles. The second-order valence-corrected chi connectivity index (χ2v) is 4.66. The Labute approximate surface area is 86.8 Å². The molecule has 1 N–H and O–H groups in total. The lowest BCUT2D eigenvalue weighted by molar-refractivity contribution is -0.132. The van der Waals surface area contributed by atoms with Crippen molar-refractivity contribution < 1.29 is 13.6 Å². The molecule has 14 heavy (non-hydrogen) atoms. The Hall–Kier alpha value is -0.320. The van der Waals surface area contributed by atoms with Crippen molar-refractivity contribution >= 4 is 17.7 Å². The zero-order valence-corrected chi connectivity index (χ0v) is 8.95. The Morgan fingerprint density at radius 1 is 1.36 bits per heavy atom. The number of rotatable bonds is 3. The molecule has 1 saturated carbocycles. The van der Waals surface area contributed by atoms with Gasteiger partial charge in [0.2, 0.25) is 0 Å². The predicted molar refractivity (Wildman–Crippen MR) is 53.7 cm³/mol. The zero-order valence-electron chi connectivity index (χ0n) is 8.13. The summed E-state index contributed by atoms with van der Waals surface area (Å²) in [4.78, 5) is 10.7. The molecule has 0 unspecified atom stereocenters. The van der Waals surface area contributed by atoms with Crippen LogP contribution in [0.2, 0.25) is 0 Å². The Morgan fingerprint density at radius 3 is 2.36 bits per heavy atom. The number of carbonyl (C=O) groups excluding carboxylic acids is 1. The van der Waals surface area contributed by atoms with Crippen LogP contribution >= 0.6 is 11.8 Å². The number of thioether (sulfide) groups is 1. The van der Waals surface area contributed by atoms with E-state index in [0.717, 1.165) is 25.7 Å². The van der Waals surface area contributed by atoms with E-state index < -0.39 is 12.3 Å². The molecule has 0 aromatic heterocycles. The molecule has 1 rings (SSSR count). The average Bonchev–Trinajstić information content (AvgIpc) is 2.19. The summed E-state index contributed by atoms with van der Waals surface area (Å²) in [6.45, 7) is 0. The Balaban J connectivity index is 2.25. The van der Waals surface area contributed by atoms with Crippen molar-refractivity contribution in [2.75, 3.05) is 6.26 Å². The summed E-state index contributed by atoms with van der Waals surface area (Å²) in [6.07, 6.45) is 2.84. The maximum atomic E-state index is 11.9. The maximum Gasteiger partial charge on any atom is 0.315 e. The molecule has 1 aliphatic rings. The zero-order chi connectivity index (χ0) is 10.6. The number of amides is 1. The van der Waals surface area contributed by atoms with E-state index in [1.165, 1.54) is 0 Å². The molecular weight excluding hydrogens is 208 g/mol. The summed E-state index contributed by atoms with van der Waals surface area (Å²) < 4.78 is 23.8. The van der Waals surface area contributed by atoms with Crippen LogP contribution in [0.15, 0.2) is 0 Å². The smallest absolute Gasteiger partial charge is 0.315 e. The summed E-state index contributed by atoms with van der Waals surface area (Å²) in [7, 11) is 0. The maximum absolute atomic E-state index is 11.9. The van der Waals surface area contributed by atoms with Crippen LogP contribution in [0.4, 0.5) is 8.78 Å². The van der Waals surface area contributed by atoms with Crippen LogP contribution in [0.25, 0.3) is 0 Å². The lowest BCUT2D eigenvalue weighted by Crippen LogP contribution is -2.41. The van der Waals surface area contributed by atoms with Crippen LogP contribution in [-0.2, 0) is 4.79 Å². The topological polar surface area (TPSA) is 29.1 Å². The number of alkyl halides is 2. The van der Waals surface area contributed by atoms with Crippen LogP contribution in [0.5, 0.6) is 0 Å². The van der Waals surface area contributed by atoms with Gasteiger partial charge in [-0.2, -0.15) is 20.5 Å². The molecule has 0 bridgehead atoms. The Morgan fingerprint density at radius 2 is 1.93 bits per heavy atom. The third-order valence-electron chi connectivity index (χ3n) is 2.55. The molecule has 0 spiro atoms. The first-order valence-corrected chi connectivity index (χ1v) is 6.03. The first-order chi connectivity index (χ1) is 6.63. The van der Waals surface area contributed by atoms with Crippen molar-refractivity contribution in [2.45, 2.75) is 43.4 Å². The van der Waals surface area contributed by atoms with Gasteiger partial charge in [0, 0.05) is 11.3 Å². The highest BCUT2D eigenvalue weighted by Gasteiger charge is 2.24. The van der Waals surface area contributed by atoms with Gasteiger partial charge < -0.3 is 5.32 Å². The molecule has 0 aliphatic heterocycles. The second kappa shape index (κ2) is 5.53. The molecule has 82 valence electrons. The van der Waals surface area contributed by atoms with E-state index in [9.17, 15) is 13.6 Å². The standard InChI is InChI=1S/C9H15F2NOS/c1-14-7-4-2-6(3-5-7)12-9(13)8(10)11/h6-8H,2-5H2,1H3,(H,12,13). The molecule has 1 amide bonds. The van der Waals surface area contributed by atoms with Crippen molar-refractivity contribution in [3.8, 4) is 0 Å². The van der Waals surface area contributed by atoms with Gasteiger partial charge in [-0.3, -0.25) is 4.79 Å². The number of carbonyl (C=O) groups is 1. The van der Waals surface area contributed by atoms with Gasteiger partial charge in [-0.25, -0.2) is 0 Å². The molecule has 1 fully saturated rings. The van der Waals surface area contributed by atoms with Crippen molar-refractivity contribution in [3.05, 3.63) is 0 Å². The molecule has 0 aromatic rings. The van der Waals surface area contributed by atoms with Gasteiger partial charge in [0.15, 0.2) is 0 Å². The number of hydrogen-bond acceptors (Lipinski definition) is 2. The van der Waals surface area contributed by atoms with E-state index in [-0.39, 0.29) is 6.04 Å². The normalized spacial score (nSPS) is 27.7. The lowest BCUT2D eigenvalue weighted by atomic mass is 9.95. The molecule has 0 saturated heterocycles. The summed E-state index contributed by atoms with van der Waals surface area (Å²) in [6, 6.07) is -0.0418. The van der Waals surface area contributed by atoms with Crippen LogP contribution < -0.4 is 5.32 Å². The van der Waals surface area contributed by atoms with Crippen molar-refractivity contribution in [3.63, 3.8) is 0 Å². The van der Waals surface area contributed by atoms with Gasteiger partial charge in [0.1, 0.15) is 0 Å². The molecule has 0 atom stereocenters. The predicted octanol–water partition coefficient (Wildman–Crippen LogP) is 2.04. The van der Waals surface area contributed by atoms with Crippen LogP contribution in [-0.4, -0.2) is 29.9 Å². The third-order valence-corrected chi connectivity index (χ3v) is 3.69. The Bertz CT molecular complexity index is 193. The quantitative estimate of drug-likeness (QED) is 0.793. The summed E-state index contributed by atoms with van der Waals surface area (Å²) in [5.74, 6) is -1.13. The van der Waals surface area contributed by atoms with E-state index >= 15 is 0 Å². The van der Waals surface area contributed by atoms with E-state index in [2.05, 4.69) is 11.6 Å². The van der Waals surface area contributed by atoms with Gasteiger partial charge >= 0.3 is 6.43 Å². The van der Waals surface area contributed by atoms with Gasteiger partial charge in [0.25, 0.3) is 5.91 Å². The number of nitrogens with one attached hydrogen (secondary N) is 1. The van der Waals surface area contributed by atoms with Crippen molar-refractivity contribution in [1.82, 2.24) is 5.32 Å². The van der Waals surface area contributed by atoms with Gasteiger partial charge in [-0.1, -0.05) is 0 Å². The lowest BCUT2D eigenvalue weighted by Gasteiger charge is -2.27. The van der Waals surface area contributed by atoms with E-state index in [4.69, 9.17) is 0 Å². The van der Waals surface area contributed by atoms with Crippen LogP contribution in [0.1, 0.15) is 25.7 Å². The van der Waals surface area contributed by atoms with E-state index in [1.54, 1.807) is 0 Å². The van der Waals surface area contributed by atoms with Crippen molar-refractivity contribution in [2.24, 2.45) is 0 Å². The highest BCUT2D eigenvalue weighted by Crippen LogP contribution is 2.26. The van der Waals surface area contributed by atoms with E-state index in [0.29, 0.717) is 5.25 Å². The minimum absolute atomic E-state index is 0.0418. The molecule has 0 aromatic carbocycles. The number of hydrogen-bond donors (Lipinski definition) is 1. The largest absolute Gasteiger partial charge is 0.348 e. The first-order valence-electron chi connectivity index (χ1n) is 4.74. The molecule has 0 heterocycles. The fourth-order valence-corrected chi connectivity index (χ4v) is 2.45. The van der Waals surface area contributed by atoms with E-state index in [1.807, 2.05) is 11.8 Å². The van der Waals surface area contributed by atoms with Crippen LogP contribution in [0.3, 0.4) is 0 Å². The molecule has 2 nitrogen and oxygen atoms in total. The summed E-state index contributed by atoms with van der Waals surface area (Å²) in [5, 5.41) is 3.00. The van der Waals surface area contributed by atoms with Crippen LogP contribution in [0, 0.1) is 0 Å². The minimum Gasteiger partial charge on any atom is -0.348 e. The molecule has 0 radical (unpaired) electrons. The SMILES string of the molecule is CSC1CCC(NC(=O)C(F)F)CC1. The van der Waals surface area contributed by atoms with Crippen molar-refractivity contribution in [1.29, 1.82) is 0 Å². The fourth-order valence-electron chi connectivity index (χ4n) is 1.71. The minimum atomic E-state index is -2.88. The average molecular weight is 223 g/mol. The molecular formula is C9H15F2NOS. The molecule has 5 heteroatoms. The fraction of sp³-hybridized carbons (Fsp3) is 0.889. The van der Waals surface area contributed by atoms with Gasteiger partial charge in [0.05, 0.1) is 0 Å². The highest BCUT2D eigenvalue weighted by molar-refractivity contribution is 7.99. The second-order valence-electron chi connectivity index (χ2n) is 3.52. The summed E-state index contributed by atoms with van der Waals surface area (Å²) >= 11 is 1.81.